The van der Waals surface area contributed by atoms with Crippen molar-refractivity contribution in [2.45, 2.75) is 12.8 Å². The number of hydrogen-bond donors (Lipinski definition) is 9. The molecule has 3 rings (SSSR count). The minimum atomic E-state index is -0.596. The molecule has 0 bridgehead atoms. The summed E-state index contributed by atoms with van der Waals surface area (Å²) in [6.07, 6.45) is -0.729. The molecule has 0 aromatic heterocycles. The van der Waals surface area contributed by atoms with Gasteiger partial charge in [0.1, 0.15) is 51.7 Å². The van der Waals surface area contributed by atoms with E-state index < -0.39 is 40.2 Å². The van der Waals surface area contributed by atoms with Crippen molar-refractivity contribution in [2.24, 2.45) is 0 Å². The second kappa shape index (κ2) is 7.12. The van der Waals surface area contributed by atoms with Crippen LogP contribution in [0.4, 0.5) is 0 Å². The lowest BCUT2D eigenvalue weighted by atomic mass is 9.94. The van der Waals surface area contributed by atoms with Crippen LogP contribution in [0.25, 0.3) is 0 Å². The first-order valence-corrected chi connectivity index (χ1v) is 8.31. The molecule has 9 nitrogen and oxygen atoms in total. The van der Waals surface area contributed by atoms with Crippen LogP contribution >= 0.6 is 0 Å². The highest BCUT2D eigenvalue weighted by Crippen LogP contribution is 2.44. The van der Waals surface area contributed by atoms with Crippen LogP contribution in [0.5, 0.6) is 51.7 Å². The zero-order valence-corrected chi connectivity index (χ0v) is 14.8. The molecular weight excluding hydrogens is 384 g/mol. The predicted octanol–water partition coefficient (Wildman–Crippen LogP) is 2.22. The molecule has 0 saturated carbocycles. The molecule has 0 aliphatic rings. The fourth-order valence-electron chi connectivity index (χ4n) is 3.05. The van der Waals surface area contributed by atoms with Crippen molar-refractivity contribution in [3.05, 3.63) is 52.6 Å². The molecule has 3 aromatic carbocycles. The number of aromatic hydroxyl groups is 9. The monoisotopic (exact) mass is 402 g/mol. The van der Waals surface area contributed by atoms with Crippen molar-refractivity contribution >= 4 is 0 Å². The molecule has 0 atom stereocenters. The van der Waals surface area contributed by atoms with Crippen molar-refractivity contribution in [2.75, 3.05) is 0 Å². The van der Waals surface area contributed by atoms with Gasteiger partial charge in [-0.1, -0.05) is 0 Å². The molecule has 0 aliphatic carbocycles. The van der Waals surface area contributed by atoms with Gasteiger partial charge < -0.3 is 46.0 Å². The molecule has 0 spiro atoms. The Morgan fingerprint density at radius 1 is 0.379 bits per heavy atom. The van der Waals surface area contributed by atoms with E-state index in [-0.39, 0.29) is 46.6 Å². The van der Waals surface area contributed by atoms with Gasteiger partial charge >= 0.3 is 0 Å². The van der Waals surface area contributed by atoms with E-state index in [1.54, 1.807) is 0 Å². The molecule has 9 N–H and O–H groups in total. The van der Waals surface area contributed by atoms with Crippen LogP contribution in [0.3, 0.4) is 0 Å². The van der Waals surface area contributed by atoms with Gasteiger partial charge in [0.2, 0.25) is 0 Å². The van der Waals surface area contributed by atoms with Crippen molar-refractivity contribution in [3.63, 3.8) is 0 Å². The zero-order chi connectivity index (χ0) is 21.5. The van der Waals surface area contributed by atoms with Crippen LogP contribution in [-0.4, -0.2) is 46.0 Å². The Morgan fingerprint density at radius 2 is 0.655 bits per heavy atom. The van der Waals surface area contributed by atoms with Crippen LogP contribution in [0.2, 0.25) is 0 Å². The number of phenolic OH excluding ortho intramolecular Hbond substituents is 9. The van der Waals surface area contributed by atoms with Gasteiger partial charge in [-0.2, -0.15) is 0 Å². The van der Waals surface area contributed by atoms with E-state index in [9.17, 15) is 46.0 Å². The van der Waals surface area contributed by atoms with E-state index in [0.29, 0.717) is 0 Å². The summed E-state index contributed by atoms with van der Waals surface area (Å²) in [5, 5.41) is 89.5. The molecule has 0 radical (unpaired) electrons. The molecule has 0 heterocycles. The zero-order valence-electron chi connectivity index (χ0n) is 14.8. The Morgan fingerprint density at radius 3 is 0.966 bits per heavy atom. The topological polar surface area (TPSA) is 182 Å². The third-order valence-electron chi connectivity index (χ3n) is 4.55. The Kier molecular flexibility index (Phi) is 4.81. The summed E-state index contributed by atoms with van der Waals surface area (Å²) < 4.78 is 0. The van der Waals surface area contributed by atoms with Crippen molar-refractivity contribution in [1.29, 1.82) is 0 Å². The minimum absolute atomic E-state index is 0.0969. The van der Waals surface area contributed by atoms with Gasteiger partial charge in [0.25, 0.3) is 0 Å². The molecular formula is C20H18O9. The number of rotatable bonds is 4. The van der Waals surface area contributed by atoms with Crippen LogP contribution in [0.15, 0.2) is 30.3 Å². The molecule has 0 unspecified atom stereocenters. The first kappa shape index (κ1) is 19.6. The summed E-state index contributed by atoms with van der Waals surface area (Å²) >= 11 is 0. The van der Waals surface area contributed by atoms with Gasteiger partial charge in [-0.3, -0.25) is 0 Å². The maximum absolute atomic E-state index is 10.6. The lowest BCUT2D eigenvalue weighted by Crippen LogP contribution is -1.98. The fraction of sp³-hybridized carbons (Fsp3) is 0.100. The van der Waals surface area contributed by atoms with E-state index in [2.05, 4.69) is 0 Å². The minimum Gasteiger partial charge on any atom is -0.508 e. The van der Waals surface area contributed by atoms with E-state index in [1.807, 2.05) is 0 Å². The molecule has 152 valence electrons. The third-order valence-corrected chi connectivity index (χ3v) is 4.55. The van der Waals surface area contributed by atoms with Crippen LogP contribution in [0.1, 0.15) is 22.3 Å². The highest BCUT2D eigenvalue weighted by molar-refractivity contribution is 5.62. The Hall–Kier alpha value is -4.14. The van der Waals surface area contributed by atoms with Gasteiger partial charge in [-0.15, -0.1) is 0 Å². The van der Waals surface area contributed by atoms with Gasteiger partial charge in [0, 0.05) is 65.4 Å². The second-order valence-electron chi connectivity index (χ2n) is 6.50. The van der Waals surface area contributed by atoms with Gasteiger partial charge in [0.15, 0.2) is 0 Å². The first-order chi connectivity index (χ1) is 13.6. The Bertz CT molecular complexity index is 976. The van der Waals surface area contributed by atoms with Gasteiger partial charge in [-0.05, 0) is 0 Å². The molecule has 0 aliphatic heterocycles. The van der Waals surface area contributed by atoms with E-state index in [4.69, 9.17) is 0 Å². The Labute approximate surface area is 163 Å². The maximum atomic E-state index is 10.6. The summed E-state index contributed by atoms with van der Waals surface area (Å²) in [6, 6.07) is 4.80. The third kappa shape index (κ3) is 3.65. The lowest BCUT2D eigenvalue weighted by Gasteiger charge is -2.16. The second-order valence-corrected chi connectivity index (χ2v) is 6.50. The van der Waals surface area contributed by atoms with E-state index in [1.165, 1.54) is 0 Å². The summed E-state index contributed by atoms with van der Waals surface area (Å²) in [6.45, 7) is 0. The molecule has 3 aromatic rings. The molecule has 0 fully saturated rings. The highest BCUT2D eigenvalue weighted by Gasteiger charge is 2.23. The van der Waals surface area contributed by atoms with Crippen LogP contribution < -0.4 is 0 Å². The highest BCUT2D eigenvalue weighted by atomic mass is 16.3. The lowest BCUT2D eigenvalue weighted by molar-refractivity contribution is 0.406. The fourth-order valence-corrected chi connectivity index (χ4v) is 3.05. The standard InChI is InChI=1S/C20H18O9/c21-8-1-14(23)10(15(24)2-8)5-12-18(27)7-19(28)13(20(12)29)6-11-16(25)3-9(22)4-17(11)26/h1-4,7,21-29H,5-6H2. The first-order valence-electron chi connectivity index (χ1n) is 8.31. The normalized spacial score (nSPS) is 10.9. The van der Waals surface area contributed by atoms with E-state index in [0.717, 1.165) is 30.3 Å². The maximum Gasteiger partial charge on any atom is 0.130 e. The number of phenols is 9. The molecule has 0 saturated heterocycles. The van der Waals surface area contributed by atoms with Crippen LogP contribution in [0, 0.1) is 0 Å². The van der Waals surface area contributed by atoms with E-state index >= 15 is 0 Å². The average Bonchev–Trinajstić information content (AvgIpc) is 2.58. The molecule has 29 heavy (non-hydrogen) atoms. The summed E-state index contributed by atoms with van der Waals surface area (Å²) in [5.41, 5.74) is -0.514. The molecule has 0 amide bonds. The van der Waals surface area contributed by atoms with Crippen LogP contribution in [-0.2, 0) is 12.8 Å². The van der Waals surface area contributed by atoms with Crippen molar-refractivity contribution in [3.8, 4) is 51.7 Å². The van der Waals surface area contributed by atoms with Crippen molar-refractivity contribution in [1.82, 2.24) is 0 Å². The van der Waals surface area contributed by atoms with Crippen molar-refractivity contribution < 1.29 is 46.0 Å². The smallest absolute Gasteiger partial charge is 0.130 e. The Balaban J connectivity index is 2.09. The summed E-state index contributed by atoms with van der Waals surface area (Å²) in [7, 11) is 0. The van der Waals surface area contributed by atoms with Gasteiger partial charge in [-0.25, -0.2) is 0 Å². The summed E-state index contributed by atoms with van der Waals surface area (Å²) in [5.74, 6) is -4.36. The van der Waals surface area contributed by atoms with Gasteiger partial charge in [0.05, 0.1) is 0 Å². The largest absolute Gasteiger partial charge is 0.508 e. The number of benzene rings is 3. The summed E-state index contributed by atoms with van der Waals surface area (Å²) in [4.78, 5) is 0. The SMILES string of the molecule is Oc1cc(O)c(Cc2c(O)cc(O)c(Cc3c(O)cc(O)cc3O)c2O)c(O)c1. The molecule has 9 heteroatoms. The predicted molar refractivity (Wildman–Crippen MR) is 99.9 cm³/mol. The number of hydrogen-bond acceptors (Lipinski definition) is 9. The average molecular weight is 402 g/mol. The quantitative estimate of drug-likeness (QED) is 0.316.